The fourth-order valence-electron chi connectivity index (χ4n) is 1.43. The molecule has 0 bridgehead atoms. The summed E-state index contributed by atoms with van der Waals surface area (Å²) in [5.74, 6) is 0.115. The number of carbonyl (C=O) groups is 1. The van der Waals surface area contributed by atoms with Crippen molar-refractivity contribution in [1.82, 2.24) is 4.57 Å². The molecule has 78 valence electrons. The van der Waals surface area contributed by atoms with Gasteiger partial charge in [-0.2, -0.15) is 0 Å². The second-order valence-electron chi connectivity index (χ2n) is 3.56. The SMILES string of the molecule is CCCCN(C(C)=O)c1ccn(C)c1. The van der Waals surface area contributed by atoms with Crippen molar-refractivity contribution in [3.05, 3.63) is 18.5 Å². The Balaban J connectivity index is 2.72. The molecule has 1 rings (SSSR count). The lowest BCUT2D eigenvalue weighted by Gasteiger charge is -2.18. The molecule has 0 aliphatic rings. The van der Waals surface area contributed by atoms with E-state index in [1.165, 1.54) is 0 Å². The van der Waals surface area contributed by atoms with Gasteiger partial charge in [0.2, 0.25) is 5.91 Å². The summed E-state index contributed by atoms with van der Waals surface area (Å²) in [6.45, 7) is 4.56. The Labute approximate surface area is 85.3 Å². The van der Waals surface area contributed by atoms with Crippen molar-refractivity contribution >= 4 is 11.6 Å². The number of carbonyl (C=O) groups excluding carboxylic acids is 1. The number of amides is 1. The monoisotopic (exact) mass is 194 g/mol. The van der Waals surface area contributed by atoms with E-state index in [1.807, 2.05) is 35.0 Å². The molecule has 0 radical (unpaired) electrons. The number of hydrogen-bond donors (Lipinski definition) is 0. The van der Waals surface area contributed by atoms with Crippen LogP contribution in [-0.4, -0.2) is 17.0 Å². The minimum atomic E-state index is 0.115. The predicted molar refractivity (Wildman–Crippen MR) is 58.3 cm³/mol. The smallest absolute Gasteiger partial charge is 0.223 e. The maximum atomic E-state index is 11.4. The number of unbranched alkanes of at least 4 members (excludes halogenated alkanes) is 1. The highest BCUT2D eigenvalue weighted by molar-refractivity contribution is 5.91. The molecule has 0 aliphatic heterocycles. The van der Waals surface area contributed by atoms with E-state index >= 15 is 0 Å². The molecule has 0 unspecified atom stereocenters. The topological polar surface area (TPSA) is 25.2 Å². The Morgan fingerprint density at radius 3 is 2.71 bits per heavy atom. The average molecular weight is 194 g/mol. The lowest BCUT2D eigenvalue weighted by molar-refractivity contribution is -0.116. The number of aryl methyl sites for hydroxylation is 1. The highest BCUT2D eigenvalue weighted by Crippen LogP contribution is 2.14. The average Bonchev–Trinajstić information content (AvgIpc) is 2.52. The first-order valence-electron chi connectivity index (χ1n) is 5.05. The third-order valence-corrected chi connectivity index (χ3v) is 2.24. The van der Waals surface area contributed by atoms with Crippen LogP contribution in [0.4, 0.5) is 5.69 Å². The van der Waals surface area contributed by atoms with Crippen molar-refractivity contribution in [2.24, 2.45) is 7.05 Å². The Hall–Kier alpha value is -1.25. The number of rotatable bonds is 4. The molecular weight excluding hydrogens is 176 g/mol. The van der Waals surface area contributed by atoms with Gasteiger partial charge in [-0.1, -0.05) is 13.3 Å². The second-order valence-corrected chi connectivity index (χ2v) is 3.56. The summed E-state index contributed by atoms with van der Waals surface area (Å²) in [5.41, 5.74) is 0.994. The standard InChI is InChI=1S/C11H18N2O/c1-4-5-7-13(10(2)14)11-6-8-12(3)9-11/h6,8-9H,4-5,7H2,1-3H3. The zero-order chi connectivity index (χ0) is 10.6. The molecule has 0 saturated heterocycles. The zero-order valence-electron chi connectivity index (χ0n) is 9.16. The van der Waals surface area contributed by atoms with Gasteiger partial charge in [0.05, 0.1) is 5.69 Å². The molecule has 3 heteroatoms. The Morgan fingerprint density at radius 2 is 2.29 bits per heavy atom. The van der Waals surface area contributed by atoms with Crippen LogP contribution in [0.25, 0.3) is 0 Å². The minimum Gasteiger partial charge on any atom is -0.355 e. The molecule has 0 aliphatic carbocycles. The maximum absolute atomic E-state index is 11.4. The highest BCUT2D eigenvalue weighted by atomic mass is 16.2. The summed E-state index contributed by atoms with van der Waals surface area (Å²) in [5, 5.41) is 0. The lowest BCUT2D eigenvalue weighted by Crippen LogP contribution is -2.29. The van der Waals surface area contributed by atoms with Gasteiger partial charge in [0.15, 0.2) is 0 Å². The molecule has 0 aromatic carbocycles. The number of hydrogen-bond acceptors (Lipinski definition) is 1. The zero-order valence-corrected chi connectivity index (χ0v) is 9.16. The van der Waals surface area contributed by atoms with Crippen molar-refractivity contribution in [3.8, 4) is 0 Å². The quantitative estimate of drug-likeness (QED) is 0.721. The normalized spacial score (nSPS) is 10.2. The van der Waals surface area contributed by atoms with Gasteiger partial charge in [-0.05, 0) is 12.5 Å². The van der Waals surface area contributed by atoms with Crippen LogP contribution in [0.3, 0.4) is 0 Å². The summed E-state index contributed by atoms with van der Waals surface area (Å²) < 4.78 is 1.96. The van der Waals surface area contributed by atoms with Gasteiger partial charge < -0.3 is 9.47 Å². The molecule has 1 amide bonds. The van der Waals surface area contributed by atoms with E-state index in [4.69, 9.17) is 0 Å². The molecule has 1 heterocycles. The van der Waals surface area contributed by atoms with Crippen molar-refractivity contribution in [3.63, 3.8) is 0 Å². The largest absolute Gasteiger partial charge is 0.355 e. The van der Waals surface area contributed by atoms with E-state index in [1.54, 1.807) is 6.92 Å². The van der Waals surface area contributed by atoms with Gasteiger partial charge in [0.1, 0.15) is 0 Å². The van der Waals surface area contributed by atoms with Gasteiger partial charge in [-0.25, -0.2) is 0 Å². The fraction of sp³-hybridized carbons (Fsp3) is 0.545. The van der Waals surface area contributed by atoms with Gasteiger partial charge >= 0.3 is 0 Å². The summed E-state index contributed by atoms with van der Waals surface area (Å²) in [6, 6.07) is 1.97. The molecule has 0 spiro atoms. The number of aromatic nitrogens is 1. The molecule has 1 aromatic rings. The summed E-state index contributed by atoms with van der Waals surface area (Å²) in [4.78, 5) is 13.2. The molecular formula is C11H18N2O. The van der Waals surface area contributed by atoms with Gasteiger partial charge in [0.25, 0.3) is 0 Å². The van der Waals surface area contributed by atoms with Gasteiger partial charge in [-0.3, -0.25) is 4.79 Å². The third kappa shape index (κ3) is 2.62. The van der Waals surface area contributed by atoms with Crippen molar-refractivity contribution in [1.29, 1.82) is 0 Å². The van der Waals surface area contributed by atoms with Crippen LogP contribution in [0.1, 0.15) is 26.7 Å². The maximum Gasteiger partial charge on any atom is 0.223 e. The fourth-order valence-corrected chi connectivity index (χ4v) is 1.43. The van der Waals surface area contributed by atoms with Gasteiger partial charge in [-0.15, -0.1) is 0 Å². The van der Waals surface area contributed by atoms with Crippen LogP contribution < -0.4 is 4.90 Å². The highest BCUT2D eigenvalue weighted by Gasteiger charge is 2.10. The summed E-state index contributed by atoms with van der Waals surface area (Å²) in [7, 11) is 1.96. The molecule has 0 saturated carbocycles. The van der Waals surface area contributed by atoms with Crippen LogP contribution in [0.15, 0.2) is 18.5 Å². The van der Waals surface area contributed by atoms with Crippen LogP contribution in [0.2, 0.25) is 0 Å². The first kappa shape index (κ1) is 10.8. The molecule has 3 nitrogen and oxygen atoms in total. The first-order valence-corrected chi connectivity index (χ1v) is 5.05. The van der Waals surface area contributed by atoms with E-state index in [9.17, 15) is 4.79 Å². The number of anilines is 1. The Morgan fingerprint density at radius 1 is 1.57 bits per heavy atom. The van der Waals surface area contributed by atoms with Crippen molar-refractivity contribution in [2.45, 2.75) is 26.7 Å². The Bertz CT molecular complexity index is 304. The van der Waals surface area contributed by atoms with Crippen molar-refractivity contribution in [2.75, 3.05) is 11.4 Å². The van der Waals surface area contributed by atoms with Crippen LogP contribution >= 0.6 is 0 Å². The lowest BCUT2D eigenvalue weighted by atomic mass is 10.3. The van der Waals surface area contributed by atoms with E-state index in [0.717, 1.165) is 25.1 Å². The van der Waals surface area contributed by atoms with E-state index in [0.29, 0.717) is 0 Å². The molecule has 0 atom stereocenters. The molecule has 0 fully saturated rings. The van der Waals surface area contributed by atoms with Crippen LogP contribution in [0, 0.1) is 0 Å². The van der Waals surface area contributed by atoms with Gasteiger partial charge in [0, 0.05) is 32.9 Å². The van der Waals surface area contributed by atoms with E-state index in [2.05, 4.69) is 6.92 Å². The van der Waals surface area contributed by atoms with E-state index < -0.39 is 0 Å². The minimum absolute atomic E-state index is 0.115. The van der Waals surface area contributed by atoms with Crippen LogP contribution in [-0.2, 0) is 11.8 Å². The first-order chi connectivity index (χ1) is 6.65. The van der Waals surface area contributed by atoms with Crippen molar-refractivity contribution < 1.29 is 4.79 Å². The molecule has 14 heavy (non-hydrogen) atoms. The Kier molecular flexibility index (Phi) is 3.74. The molecule has 1 aromatic heterocycles. The number of nitrogens with zero attached hydrogens (tertiary/aromatic N) is 2. The summed E-state index contributed by atoms with van der Waals surface area (Å²) in [6.07, 6.45) is 6.08. The van der Waals surface area contributed by atoms with E-state index in [-0.39, 0.29) is 5.91 Å². The van der Waals surface area contributed by atoms with Crippen LogP contribution in [0.5, 0.6) is 0 Å². The summed E-state index contributed by atoms with van der Waals surface area (Å²) >= 11 is 0. The third-order valence-electron chi connectivity index (χ3n) is 2.24. The second kappa shape index (κ2) is 4.84. The molecule has 0 N–H and O–H groups in total. The predicted octanol–water partition coefficient (Wildman–Crippen LogP) is 2.18.